The molecule has 2 aromatic rings. The van der Waals surface area contributed by atoms with E-state index in [2.05, 4.69) is 83.4 Å². The molecule has 4 nitrogen and oxygen atoms in total. The molecule has 1 unspecified atom stereocenters. The molecule has 2 saturated heterocycles. The van der Waals surface area contributed by atoms with Crippen LogP contribution in [0.3, 0.4) is 0 Å². The maximum Gasteiger partial charge on any atom is 0.0672 e. The Morgan fingerprint density at radius 2 is 1.64 bits per heavy atom. The summed E-state index contributed by atoms with van der Waals surface area (Å²) in [6, 6.07) is 19.4. The van der Waals surface area contributed by atoms with Gasteiger partial charge in [0.25, 0.3) is 0 Å². The summed E-state index contributed by atoms with van der Waals surface area (Å²) in [6.07, 6.45) is 3.22. The highest BCUT2D eigenvalue weighted by Gasteiger charge is 2.40. The SMILES string of the molecule is CN1CC(O)CC2(CCN(Cc3ccc(N(C)c4ccccc4)cc3)CC2)C1. The molecule has 0 amide bonds. The van der Waals surface area contributed by atoms with E-state index >= 15 is 0 Å². The number of benzene rings is 2. The molecular formula is C24H33N3O. The van der Waals surface area contributed by atoms with E-state index in [0.717, 1.165) is 39.1 Å². The predicted molar refractivity (Wildman–Crippen MR) is 116 cm³/mol. The lowest BCUT2D eigenvalue weighted by Crippen LogP contribution is -2.52. The molecule has 1 spiro atoms. The molecule has 2 heterocycles. The number of β-amino-alcohol motifs (C(OH)–C–C–N with tert-alkyl or cyclic N) is 1. The van der Waals surface area contributed by atoms with Crippen molar-refractivity contribution in [2.45, 2.75) is 31.9 Å². The maximum atomic E-state index is 10.2. The van der Waals surface area contributed by atoms with Crippen LogP contribution >= 0.6 is 0 Å². The van der Waals surface area contributed by atoms with Crippen molar-refractivity contribution in [3.05, 3.63) is 60.2 Å². The molecule has 0 bridgehead atoms. The van der Waals surface area contributed by atoms with E-state index in [-0.39, 0.29) is 6.10 Å². The van der Waals surface area contributed by atoms with Crippen LogP contribution in [-0.4, -0.2) is 61.3 Å². The maximum absolute atomic E-state index is 10.2. The van der Waals surface area contributed by atoms with Gasteiger partial charge in [-0.1, -0.05) is 30.3 Å². The summed E-state index contributed by atoms with van der Waals surface area (Å²) in [6.45, 7) is 5.25. The molecular weight excluding hydrogens is 346 g/mol. The van der Waals surface area contributed by atoms with E-state index in [1.807, 2.05) is 0 Å². The van der Waals surface area contributed by atoms with Gasteiger partial charge in [-0.05, 0) is 74.6 Å². The average molecular weight is 380 g/mol. The summed E-state index contributed by atoms with van der Waals surface area (Å²) < 4.78 is 0. The second-order valence-corrected chi connectivity index (χ2v) is 8.89. The first-order chi connectivity index (χ1) is 13.5. The van der Waals surface area contributed by atoms with Gasteiger partial charge in [0.15, 0.2) is 0 Å². The van der Waals surface area contributed by atoms with E-state index in [1.165, 1.54) is 29.8 Å². The number of anilines is 2. The molecule has 4 heteroatoms. The van der Waals surface area contributed by atoms with Gasteiger partial charge in [-0.25, -0.2) is 0 Å². The molecule has 4 rings (SSSR count). The van der Waals surface area contributed by atoms with Gasteiger partial charge in [-0.2, -0.15) is 0 Å². The molecule has 1 atom stereocenters. The Morgan fingerprint density at radius 1 is 1.00 bits per heavy atom. The molecule has 150 valence electrons. The largest absolute Gasteiger partial charge is 0.392 e. The van der Waals surface area contributed by atoms with Gasteiger partial charge < -0.3 is 14.9 Å². The lowest BCUT2D eigenvalue weighted by molar-refractivity contribution is -0.0330. The summed E-state index contributed by atoms with van der Waals surface area (Å²) in [5.41, 5.74) is 4.12. The molecule has 0 aliphatic carbocycles. The number of para-hydroxylation sites is 1. The van der Waals surface area contributed by atoms with Gasteiger partial charge in [-0.15, -0.1) is 0 Å². The van der Waals surface area contributed by atoms with Gasteiger partial charge in [0.1, 0.15) is 0 Å². The van der Waals surface area contributed by atoms with Crippen LogP contribution < -0.4 is 4.90 Å². The number of likely N-dealkylation sites (tertiary alicyclic amines) is 2. The Labute approximate surface area is 169 Å². The minimum absolute atomic E-state index is 0.153. The quantitative estimate of drug-likeness (QED) is 0.877. The fourth-order valence-electron chi connectivity index (χ4n) is 5.06. The number of hydrogen-bond acceptors (Lipinski definition) is 4. The third-order valence-corrected chi connectivity index (χ3v) is 6.59. The van der Waals surface area contributed by atoms with Crippen LogP contribution in [0.4, 0.5) is 11.4 Å². The smallest absolute Gasteiger partial charge is 0.0672 e. The molecule has 0 radical (unpaired) electrons. The van der Waals surface area contributed by atoms with Crippen molar-refractivity contribution in [3.8, 4) is 0 Å². The average Bonchev–Trinajstić information content (AvgIpc) is 2.70. The molecule has 2 aromatic carbocycles. The fourth-order valence-corrected chi connectivity index (χ4v) is 5.06. The normalized spacial score (nSPS) is 23.0. The van der Waals surface area contributed by atoms with E-state index in [0.29, 0.717) is 5.41 Å². The van der Waals surface area contributed by atoms with Crippen LogP contribution in [-0.2, 0) is 6.54 Å². The third-order valence-electron chi connectivity index (χ3n) is 6.59. The highest BCUT2D eigenvalue weighted by molar-refractivity contribution is 5.62. The lowest BCUT2D eigenvalue weighted by atomic mass is 9.71. The molecule has 2 aliphatic rings. The van der Waals surface area contributed by atoms with Gasteiger partial charge in [0, 0.05) is 38.1 Å². The molecule has 28 heavy (non-hydrogen) atoms. The van der Waals surface area contributed by atoms with Crippen LogP contribution in [0.5, 0.6) is 0 Å². The summed E-state index contributed by atoms with van der Waals surface area (Å²) in [5.74, 6) is 0. The van der Waals surface area contributed by atoms with E-state index in [4.69, 9.17) is 0 Å². The Bertz CT molecular complexity index is 741. The minimum Gasteiger partial charge on any atom is -0.392 e. The van der Waals surface area contributed by atoms with Crippen molar-refractivity contribution in [2.75, 3.05) is 45.2 Å². The Kier molecular flexibility index (Phi) is 5.72. The first-order valence-electron chi connectivity index (χ1n) is 10.5. The van der Waals surface area contributed by atoms with E-state index in [1.54, 1.807) is 0 Å². The number of aliphatic hydroxyl groups excluding tert-OH is 1. The van der Waals surface area contributed by atoms with E-state index < -0.39 is 0 Å². The number of piperidine rings is 2. The zero-order chi connectivity index (χ0) is 19.6. The molecule has 0 aromatic heterocycles. The van der Waals surface area contributed by atoms with Crippen molar-refractivity contribution in [3.63, 3.8) is 0 Å². The monoisotopic (exact) mass is 379 g/mol. The van der Waals surface area contributed by atoms with Crippen LogP contribution in [0.2, 0.25) is 0 Å². The van der Waals surface area contributed by atoms with Crippen molar-refractivity contribution < 1.29 is 5.11 Å². The summed E-state index contributed by atoms with van der Waals surface area (Å²) >= 11 is 0. The minimum atomic E-state index is -0.153. The van der Waals surface area contributed by atoms with Gasteiger partial charge in [0.2, 0.25) is 0 Å². The van der Waals surface area contributed by atoms with Gasteiger partial charge in [-0.3, -0.25) is 4.90 Å². The van der Waals surface area contributed by atoms with Gasteiger partial charge in [0.05, 0.1) is 6.10 Å². The van der Waals surface area contributed by atoms with Crippen LogP contribution in [0, 0.1) is 5.41 Å². The summed E-state index contributed by atoms with van der Waals surface area (Å²) in [5, 5.41) is 10.2. The Balaban J connectivity index is 1.33. The van der Waals surface area contributed by atoms with Crippen molar-refractivity contribution >= 4 is 11.4 Å². The second-order valence-electron chi connectivity index (χ2n) is 8.89. The topological polar surface area (TPSA) is 30.0 Å². The fraction of sp³-hybridized carbons (Fsp3) is 0.500. The molecule has 1 N–H and O–H groups in total. The lowest BCUT2D eigenvalue weighted by Gasteiger charge is -2.48. The van der Waals surface area contributed by atoms with Crippen molar-refractivity contribution in [1.82, 2.24) is 9.80 Å². The van der Waals surface area contributed by atoms with E-state index in [9.17, 15) is 5.11 Å². The van der Waals surface area contributed by atoms with Crippen molar-refractivity contribution in [2.24, 2.45) is 5.41 Å². The van der Waals surface area contributed by atoms with Crippen molar-refractivity contribution in [1.29, 1.82) is 0 Å². The summed E-state index contributed by atoms with van der Waals surface area (Å²) in [4.78, 5) is 7.10. The highest BCUT2D eigenvalue weighted by Crippen LogP contribution is 2.39. The Hall–Kier alpha value is -1.88. The van der Waals surface area contributed by atoms with Crippen LogP contribution in [0.15, 0.2) is 54.6 Å². The number of rotatable bonds is 4. The molecule has 0 saturated carbocycles. The second kappa shape index (κ2) is 8.24. The Morgan fingerprint density at radius 3 is 2.29 bits per heavy atom. The molecule has 2 aliphatic heterocycles. The highest BCUT2D eigenvalue weighted by atomic mass is 16.3. The van der Waals surface area contributed by atoms with Gasteiger partial charge >= 0.3 is 0 Å². The standard InChI is InChI=1S/C24H33N3O/c1-25-18-23(28)16-24(19-25)12-14-27(15-13-24)17-20-8-10-22(11-9-20)26(2)21-6-4-3-5-7-21/h3-11,23,28H,12-19H2,1-2H3. The van der Waals surface area contributed by atoms with Crippen LogP contribution in [0.1, 0.15) is 24.8 Å². The zero-order valence-electron chi connectivity index (χ0n) is 17.2. The number of nitrogens with zero attached hydrogens (tertiary/aromatic N) is 3. The number of hydrogen-bond donors (Lipinski definition) is 1. The predicted octanol–water partition coefficient (Wildman–Crippen LogP) is 3.73. The number of aliphatic hydroxyl groups is 1. The first kappa shape index (κ1) is 19.4. The zero-order valence-corrected chi connectivity index (χ0v) is 17.2. The first-order valence-corrected chi connectivity index (χ1v) is 10.5. The molecule has 2 fully saturated rings. The summed E-state index contributed by atoms with van der Waals surface area (Å²) in [7, 11) is 4.26. The third kappa shape index (κ3) is 4.40. The van der Waals surface area contributed by atoms with Crippen LogP contribution in [0.25, 0.3) is 0 Å². The number of likely N-dealkylation sites (N-methyl/N-ethyl adjacent to an activating group) is 1.